The van der Waals surface area contributed by atoms with Crippen LogP contribution in [-0.2, 0) is 0 Å². The van der Waals surface area contributed by atoms with E-state index in [0.29, 0.717) is 14.9 Å². The number of aromatic nitrogens is 2. The lowest BCUT2D eigenvalue weighted by atomic mass is 10.2. The highest BCUT2D eigenvalue weighted by molar-refractivity contribution is 7.20. The first-order chi connectivity index (χ1) is 9.44. The summed E-state index contributed by atoms with van der Waals surface area (Å²) in [6.07, 6.45) is -1.39. The van der Waals surface area contributed by atoms with E-state index >= 15 is 0 Å². The largest absolute Gasteiger partial charge is 0.484 e. The number of nitrogens with one attached hydrogen (secondary N) is 1. The number of nitrogens with zero attached hydrogens (tertiary/aromatic N) is 2. The summed E-state index contributed by atoms with van der Waals surface area (Å²) in [5.74, 6) is -1.05. The van der Waals surface area contributed by atoms with E-state index in [2.05, 4.69) is 9.97 Å². The predicted octanol–water partition coefficient (Wildman–Crippen LogP) is 3.39. The maximum absolute atomic E-state index is 12.3. The third-order valence-electron chi connectivity index (χ3n) is 2.69. The maximum atomic E-state index is 12.3. The van der Waals surface area contributed by atoms with Crippen molar-refractivity contribution >= 4 is 28.6 Å². The molecule has 2 heterocycles. The van der Waals surface area contributed by atoms with Crippen molar-refractivity contribution < 1.29 is 18.0 Å². The molecule has 4 nitrogen and oxygen atoms in total. The van der Waals surface area contributed by atoms with Gasteiger partial charge in [-0.15, -0.1) is 22.7 Å². The van der Waals surface area contributed by atoms with Crippen molar-refractivity contribution in [2.45, 2.75) is 25.1 Å². The second-order valence-electron chi connectivity index (χ2n) is 4.30. The van der Waals surface area contributed by atoms with Crippen LogP contribution in [0.15, 0.2) is 11.6 Å². The summed E-state index contributed by atoms with van der Waals surface area (Å²) >= 11 is 2.59. The van der Waals surface area contributed by atoms with Crippen LogP contribution in [0.25, 0.3) is 10.0 Å². The van der Waals surface area contributed by atoms with Crippen molar-refractivity contribution in [3.05, 3.63) is 22.1 Å². The van der Waals surface area contributed by atoms with Gasteiger partial charge in [0.05, 0.1) is 0 Å². The van der Waals surface area contributed by atoms with Crippen molar-refractivity contribution in [2.24, 2.45) is 0 Å². The Kier molecular flexibility index (Phi) is 3.25. The van der Waals surface area contributed by atoms with Gasteiger partial charge in [-0.25, -0.2) is 9.97 Å². The van der Waals surface area contributed by atoms with Crippen LogP contribution >= 0.6 is 22.7 Å². The zero-order valence-corrected chi connectivity index (χ0v) is 11.5. The van der Waals surface area contributed by atoms with Crippen LogP contribution in [0.3, 0.4) is 0 Å². The molecular weight excluding hydrogens is 311 g/mol. The summed E-state index contributed by atoms with van der Waals surface area (Å²) in [6, 6.07) is 0. The monoisotopic (exact) mass is 319 g/mol. The van der Waals surface area contributed by atoms with Crippen LogP contribution in [0.5, 0.6) is 0 Å². The molecule has 1 amide bonds. The normalized spacial score (nSPS) is 15.3. The Labute approximate surface area is 119 Å². The van der Waals surface area contributed by atoms with Crippen LogP contribution in [-0.4, -0.2) is 22.2 Å². The number of rotatable bonds is 3. The highest BCUT2D eigenvalue weighted by Crippen LogP contribution is 2.46. The molecule has 3 rings (SSSR count). The number of halogens is 3. The molecular formula is C11H8F3N3OS2. The van der Waals surface area contributed by atoms with Gasteiger partial charge in [0.15, 0.2) is 10.0 Å². The summed E-state index contributed by atoms with van der Waals surface area (Å²) < 4.78 is 36.8. The minimum absolute atomic E-state index is 0.125. The average molecular weight is 319 g/mol. The molecule has 1 fully saturated rings. The zero-order valence-electron chi connectivity index (χ0n) is 9.90. The molecule has 0 saturated heterocycles. The van der Waals surface area contributed by atoms with Gasteiger partial charge in [0.2, 0.25) is 0 Å². The van der Waals surface area contributed by atoms with Gasteiger partial charge in [0.1, 0.15) is 5.69 Å². The molecule has 9 heteroatoms. The summed E-state index contributed by atoms with van der Waals surface area (Å²) in [5.41, 5.74) is -0.125. The summed E-state index contributed by atoms with van der Waals surface area (Å²) in [7, 11) is 0. The third-order valence-corrected chi connectivity index (χ3v) is 4.82. The first kappa shape index (κ1) is 13.5. The van der Waals surface area contributed by atoms with Gasteiger partial charge in [-0.1, -0.05) is 0 Å². The Balaban J connectivity index is 1.95. The summed E-state index contributed by atoms with van der Waals surface area (Å²) in [6.45, 7) is 0. The Morgan fingerprint density at radius 2 is 2.10 bits per heavy atom. The fourth-order valence-electron chi connectivity index (χ4n) is 1.73. The highest BCUT2D eigenvalue weighted by atomic mass is 32.1. The van der Waals surface area contributed by atoms with Crippen LogP contribution in [0, 0.1) is 0 Å². The van der Waals surface area contributed by atoms with Crippen LogP contribution in [0.4, 0.5) is 13.2 Å². The van der Waals surface area contributed by atoms with E-state index in [-0.39, 0.29) is 11.6 Å². The number of carbonyl (C=O) groups excluding carboxylic acids is 1. The molecule has 1 aliphatic rings. The van der Waals surface area contributed by atoms with Gasteiger partial charge in [-0.2, -0.15) is 13.2 Å². The molecule has 20 heavy (non-hydrogen) atoms. The van der Waals surface area contributed by atoms with Gasteiger partial charge in [-0.05, 0) is 18.8 Å². The van der Waals surface area contributed by atoms with Crippen LogP contribution < -0.4 is 5.32 Å². The average Bonchev–Trinajstić information content (AvgIpc) is 2.90. The second kappa shape index (κ2) is 4.81. The molecule has 0 unspecified atom stereocenters. The first-order valence-corrected chi connectivity index (χ1v) is 7.43. The molecule has 0 spiro atoms. The minimum Gasteiger partial charge on any atom is -0.267 e. The van der Waals surface area contributed by atoms with Gasteiger partial charge in [-0.3, -0.25) is 10.1 Å². The summed E-state index contributed by atoms with van der Waals surface area (Å²) in [5, 5.41) is 3.87. The summed E-state index contributed by atoms with van der Waals surface area (Å²) in [4.78, 5) is 20.4. The molecule has 106 valence electrons. The first-order valence-electron chi connectivity index (χ1n) is 5.74. The Morgan fingerprint density at radius 3 is 2.65 bits per heavy atom. The van der Waals surface area contributed by atoms with Gasteiger partial charge >= 0.3 is 6.30 Å². The molecule has 1 saturated carbocycles. The molecule has 1 aliphatic carbocycles. The fraction of sp³-hybridized carbons (Fsp3) is 0.364. The van der Waals surface area contributed by atoms with E-state index in [1.54, 1.807) is 11.6 Å². The van der Waals surface area contributed by atoms with Crippen molar-refractivity contribution in [3.63, 3.8) is 0 Å². The predicted molar refractivity (Wildman–Crippen MR) is 68.7 cm³/mol. The fourth-order valence-corrected chi connectivity index (χ4v) is 3.64. The van der Waals surface area contributed by atoms with Crippen LogP contribution in [0.1, 0.15) is 34.1 Å². The molecule has 0 bridgehead atoms. The Hall–Kier alpha value is -1.48. The second-order valence-corrected chi connectivity index (χ2v) is 6.22. The van der Waals surface area contributed by atoms with E-state index in [9.17, 15) is 18.0 Å². The number of amides is 1. The maximum Gasteiger partial charge on any atom is 0.484 e. The van der Waals surface area contributed by atoms with E-state index in [1.807, 2.05) is 0 Å². The molecule has 0 aromatic carbocycles. The van der Waals surface area contributed by atoms with Gasteiger partial charge in [0.25, 0.3) is 5.91 Å². The van der Waals surface area contributed by atoms with E-state index in [1.165, 1.54) is 22.7 Å². The minimum atomic E-state index is -4.75. The number of thiazole rings is 2. The number of alkyl halides is 3. The number of hydrogen-bond donors (Lipinski definition) is 1. The number of hydrogen-bond acceptors (Lipinski definition) is 5. The third kappa shape index (κ3) is 2.83. The van der Waals surface area contributed by atoms with Crippen molar-refractivity contribution in [3.8, 4) is 10.0 Å². The van der Waals surface area contributed by atoms with Crippen molar-refractivity contribution in [1.29, 1.82) is 0 Å². The highest BCUT2D eigenvalue weighted by Gasteiger charge is 2.36. The smallest absolute Gasteiger partial charge is 0.267 e. The van der Waals surface area contributed by atoms with E-state index in [0.717, 1.165) is 18.2 Å². The van der Waals surface area contributed by atoms with Crippen molar-refractivity contribution in [1.82, 2.24) is 15.3 Å². The molecule has 0 atom stereocenters. The molecule has 2 aromatic heterocycles. The molecule has 0 radical (unpaired) electrons. The lowest BCUT2D eigenvalue weighted by Gasteiger charge is -2.07. The topological polar surface area (TPSA) is 54.9 Å². The SMILES string of the molecule is O=C(NC(F)(F)F)c1nc(-c2nccs2)sc1C1CC1. The van der Waals surface area contributed by atoms with Crippen molar-refractivity contribution in [2.75, 3.05) is 0 Å². The molecule has 2 aromatic rings. The van der Waals surface area contributed by atoms with E-state index < -0.39 is 12.2 Å². The quantitative estimate of drug-likeness (QED) is 0.882. The zero-order chi connectivity index (χ0) is 14.3. The lowest BCUT2D eigenvalue weighted by molar-refractivity contribution is -0.146. The van der Waals surface area contributed by atoms with Crippen LogP contribution in [0.2, 0.25) is 0 Å². The van der Waals surface area contributed by atoms with E-state index in [4.69, 9.17) is 0 Å². The Morgan fingerprint density at radius 1 is 1.35 bits per heavy atom. The van der Waals surface area contributed by atoms with Gasteiger partial charge in [0, 0.05) is 16.5 Å². The number of carbonyl (C=O) groups is 1. The Bertz CT molecular complexity index is 632. The standard InChI is InChI=1S/C11H8F3N3OS2/c12-11(13,14)17-8(18)6-7(5-1-2-5)20-10(16-6)9-15-3-4-19-9/h3-5H,1-2H2,(H,17,18). The molecule has 1 N–H and O–H groups in total. The molecule has 0 aliphatic heterocycles. The lowest BCUT2D eigenvalue weighted by Crippen LogP contribution is -2.37. The van der Waals surface area contributed by atoms with Gasteiger partial charge < -0.3 is 0 Å².